The second-order valence-corrected chi connectivity index (χ2v) is 5.98. The van der Waals surface area contributed by atoms with Gasteiger partial charge in [-0.2, -0.15) is 0 Å². The molecule has 5 heteroatoms. The predicted octanol–water partition coefficient (Wildman–Crippen LogP) is 2.08. The molecule has 2 fully saturated rings. The van der Waals surface area contributed by atoms with Crippen LogP contribution in [0.1, 0.15) is 58.8 Å². The third-order valence-corrected chi connectivity index (χ3v) is 4.96. The highest BCUT2D eigenvalue weighted by molar-refractivity contribution is 6.07. The summed E-state index contributed by atoms with van der Waals surface area (Å²) in [5, 5.41) is 12.2. The van der Waals surface area contributed by atoms with Crippen LogP contribution in [-0.4, -0.2) is 33.9 Å². The van der Waals surface area contributed by atoms with Crippen molar-refractivity contribution in [3.8, 4) is 0 Å². The second kappa shape index (κ2) is 5.39. The zero-order chi connectivity index (χ0) is 14.0. The summed E-state index contributed by atoms with van der Waals surface area (Å²) < 4.78 is 0. The molecule has 5 nitrogen and oxygen atoms in total. The molecule has 108 valence electrons. The topological polar surface area (TPSA) is 78.9 Å². The van der Waals surface area contributed by atoms with E-state index in [9.17, 15) is 4.79 Å². The average Bonchev–Trinajstić information content (AvgIpc) is 3.04. The van der Waals surface area contributed by atoms with E-state index in [1.165, 1.54) is 0 Å². The molecule has 1 amide bonds. The Kier molecular flexibility index (Phi) is 4.02. The van der Waals surface area contributed by atoms with E-state index < -0.39 is 5.41 Å². The van der Waals surface area contributed by atoms with Crippen LogP contribution in [0, 0.1) is 5.41 Å². The van der Waals surface area contributed by atoms with Crippen molar-refractivity contribution in [3.05, 3.63) is 0 Å². The Hall–Kier alpha value is -1.26. The van der Waals surface area contributed by atoms with Gasteiger partial charge in [-0.3, -0.25) is 4.79 Å². The van der Waals surface area contributed by atoms with Crippen molar-refractivity contribution in [1.29, 1.82) is 0 Å². The summed E-state index contributed by atoms with van der Waals surface area (Å²) in [4.78, 5) is 15.0. The fourth-order valence-electron chi connectivity index (χ4n) is 3.74. The molecule has 1 aliphatic heterocycles. The molecule has 3 N–H and O–H groups in total. The number of carbonyl (C=O) groups is 1. The van der Waals surface area contributed by atoms with Crippen LogP contribution in [0.2, 0.25) is 0 Å². The summed E-state index contributed by atoms with van der Waals surface area (Å²) in [5.74, 6) is 0.182. The monoisotopic (exact) mass is 267 g/mol. The minimum absolute atomic E-state index is 0.0807. The van der Waals surface area contributed by atoms with Crippen LogP contribution in [0.25, 0.3) is 0 Å². The Bertz CT molecular complexity index is 375. The largest absolute Gasteiger partial charge is 0.409 e. The number of carbonyl (C=O) groups excluding carboxylic acids is 1. The van der Waals surface area contributed by atoms with Crippen LogP contribution in [0.3, 0.4) is 0 Å². The number of nitrogens with two attached hydrogens (primary N) is 1. The Labute approximate surface area is 114 Å². The third-order valence-electron chi connectivity index (χ3n) is 4.96. The molecule has 2 rings (SSSR count). The first-order valence-corrected chi connectivity index (χ1v) is 7.37. The van der Waals surface area contributed by atoms with Crippen molar-refractivity contribution < 1.29 is 10.0 Å². The number of likely N-dealkylation sites (tertiary alicyclic amines) is 1. The molecule has 0 spiro atoms. The van der Waals surface area contributed by atoms with E-state index in [0.717, 1.165) is 32.1 Å². The molecule has 0 radical (unpaired) electrons. The fraction of sp³-hybridized carbons (Fsp3) is 0.857. The molecule has 1 saturated carbocycles. The predicted molar refractivity (Wildman–Crippen MR) is 73.9 cm³/mol. The molecule has 1 aliphatic carbocycles. The number of oxime groups is 1. The fourth-order valence-corrected chi connectivity index (χ4v) is 3.74. The van der Waals surface area contributed by atoms with Crippen LogP contribution in [0.5, 0.6) is 0 Å². The minimum atomic E-state index is -0.749. The molecule has 19 heavy (non-hydrogen) atoms. The van der Waals surface area contributed by atoms with Gasteiger partial charge in [0, 0.05) is 12.1 Å². The first-order valence-electron chi connectivity index (χ1n) is 7.37. The van der Waals surface area contributed by atoms with Gasteiger partial charge < -0.3 is 15.8 Å². The smallest absolute Gasteiger partial charge is 0.237 e. The molecule has 1 saturated heterocycles. The highest BCUT2D eigenvalue weighted by atomic mass is 16.4. The molecule has 0 bridgehead atoms. The summed E-state index contributed by atoms with van der Waals surface area (Å²) >= 11 is 0. The van der Waals surface area contributed by atoms with Gasteiger partial charge in [0.1, 0.15) is 5.41 Å². The van der Waals surface area contributed by atoms with Gasteiger partial charge in [-0.15, -0.1) is 0 Å². The van der Waals surface area contributed by atoms with Crippen molar-refractivity contribution >= 4 is 11.7 Å². The lowest BCUT2D eigenvalue weighted by Gasteiger charge is -2.36. The van der Waals surface area contributed by atoms with Gasteiger partial charge in [0.15, 0.2) is 5.84 Å². The van der Waals surface area contributed by atoms with Gasteiger partial charge in [0.25, 0.3) is 0 Å². The maximum absolute atomic E-state index is 13.0. The number of hydrogen-bond donors (Lipinski definition) is 2. The number of amidine groups is 1. The van der Waals surface area contributed by atoms with Crippen molar-refractivity contribution in [3.63, 3.8) is 0 Å². The summed E-state index contributed by atoms with van der Waals surface area (Å²) in [6.07, 6.45) is 6.46. The number of nitrogens with zero attached hydrogens (tertiary/aromatic N) is 2. The maximum Gasteiger partial charge on any atom is 0.237 e. The van der Waals surface area contributed by atoms with Gasteiger partial charge >= 0.3 is 0 Å². The van der Waals surface area contributed by atoms with Gasteiger partial charge in [-0.25, -0.2) is 0 Å². The number of amides is 1. The lowest BCUT2D eigenvalue weighted by atomic mass is 9.82. The summed E-state index contributed by atoms with van der Waals surface area (Å²) in [6, 6.07) is 0.577. The molecular formula is C14H25N3O2. The number of hydrogen-bond acceptors (Lipinski definition) is 3. The standard InChI is InChI=1S/C14H25N3O2/c1-3-11-7-6-10(2)17(11)13(18)14(12(15)16-19)8-4-5-9-14/h10-11,19H,3-9H2,1-2H3,(H2,15,16). The first-order chi connectivity index (χ1) is 9.06. The molecule has 2 unspecified atom stereocenters. The van der Waals surface area contributed by atoms with Crippen molar-refractivity contribution in [2.45, 2.75) is 70.9 Å². The Morgan fingerprint density at radius 2 is 2.05 bits per heavy atom. The summed E-state index contributed by atoms with van der Waals surface area (Å²) in [5.41, 5.74) is 5.12. The molecule has 1 heterocycles. The Morgan fingerprint density at radius 3 is 2.58 bits per heavy atom. The molecule has 0 aromatic heterocycles. The maximum atomic E-state index is 13.0. The molecule has 2 atom stereocenters. The lowest BCUT2D eigenvalue weighted by molar-refractivity contribution is -0.141. The van der Waals surface area contributed by atoms with Gasteiger partial charge in [-0.1, -0.05) is 24.9 Å². The molecule has 0 aromatic rings. The van der Waals surface area contributed by atoms with Crippen LogP contribution < -0.4 is 5.73 Å². The first kappa shape index (κ1) is 14.2. The van der Waals surface area contributed by atoms with Crippen LogP contribution in [0.4, 0.5) is 0 Å². The highest BCUT2D eigenvalue weighted by Crippen LogP contribution is 2.42. The lowest BCUT2D eigenvalue weighted by Crippen LogP contribution is -2.53. The molecule has 0 aromatic carbocycles. The summed E-state index contributed by atoms with van der Waals surface area (Å²) in [7, 11) is 0. The average molecular weight is 267 g/mol. The normalized spacial score (nSPS) is 30.8. The van der Waals surface area contributed by atoms with Gasteiger partial charge in [0.2, 0.25) is 5.91 Å². The van der Waals surface area contributed by atoms with Gasteiger partial charge in [0.05, 0.1) is 0 Å². The molecule has 2 aliphatic rings. The Balaban J connectivity index is 2.30. The molecular weight excluding hydrogens is 242 g/mol. The van der Waals surface area contributed by atoms with E-state index in [1.807, 2.05) is 4.90 Å². The van der Waals surface area contributed by atoms with E-state index in [-0.39, 0.29) is 17.8 Å². The number of rotatable bonds is 3. The van der Waals surface area contributed by atoms with E-state index in [0.29, 0.717) is 18.9 Å². The van der Waals surface area contributed by atoms with E-state index >= 15 is 0 Å². The van der Waals surface area contributed by atoms with Crippen LogP contribution in [-0.2, 0) is 4.79 Å². The zero-order valence-electron chi connectivity index (χ0n) is 11.9. The quantitative estimate of drug-likeness (QED) is 0.355. The van der Waals surface area contributed by atoms with E-state index in [2.05, 4.69) is 19.0 Å². The van der Waals surface area contributed by atoms with Crippen LogP contribution >= 0.6 is 0 Å². The second-order valence-electron chi connectivity index (χ2n) is 5.98. The van der Waals surface area contributed by atoms with E-state index in [4.69, 9.17) is 10.9 Å². The Morgan fingerprint density at radius 1 is 1.42 bits per heavy atom. The van der Waals surface area contributed by atoms with Gasteiger partial charge in [-0.05, 0) is 39.0 Å². The van der Waals surface area contributed by atoms with E-state index in [1.54, 1.807) is 0 Å². The SMILES string of the molecule is CCC1CCC(C)N1C(=O)C1(C(N)=NO)CCCC1. The highest BCUT2D eigenvalue weighted by Gasteiger charge is 2.50. The van der Waals surface area contributed by atoms with Crippen molar-refractivity contribution in [2.75, 3.05) is 0 Å². The minimum Gasteiger partial charge on any atom is -0.409 e. The summed E-state index contributed by atoms with van der Waals surface area (Å²) in [6.45, 7) is 4.22. The van der Waals surface area contributed by atoms with Crippen molar-refractivity contribution in [1.82, 2.24) is 4.90 Å². The van der Waals surface area contributed by atoms with Crippen molar-refractivity contribution in [2.24, 2.45) is 16.3 Å². The zero-order valence-corrected chi connectivity index (χ0v) is 11.9. The van der Waals surface area contributed by atoms with Crippen LogP contribution in [0.15, 0.2) is 5.16 Å². The third kappa shape index (κ3) is 2.19.